The first-order valence-corrected chi connectivity index (χ1v) is 11.1. The molecule has 0 bridgehead atoms. The highest BCUT2D eigenvalue weighted by Gasteiger charge is 2.19. The van der Waals surface area contributed by atoms with Gasteiger partial charge in [-0.1, -0.05) is 57.8 Å². The molecule has 4 nitrogen and oxygen atoms in total. The Morgan fingerprint density at radius 3 is 2.59 bits per heavy atom. The van der Waals surface area contributed by atoms with Crippen LogP contribution in [0.15, 0.2) is 28.4 Å². The van der Waals surface area contributed by atoms with Crippen LogP contribution in [0.2, 0.25) is 0 Å². The molecule has 0 aliphatic carbocycles. The zero-order chi connectivity index (χ0) is 21.7. The van der Waals surface area contributed by atoms with Gasteiger partial charge < -0.3 is 9.52 Å². The molecule has 1 N–H and O–H groups in total. The number of hydrogen-bond donors (Lipinski definition) is 1. The summed E-state index contributed by atoms with van der Waals surface area (Å²) in [5.74, 6) is 0.763. The van der Waals surface area contributed by atoms with Crippen molar-refractivity contribution in [3.63, 3.8) is 0 Å². The molecule has 1 aromatic heterocycles. The summed E-state index contributed by atoms with van der Waals surface area (Å²) in [4.78, 5) is 15.0. The Hall–Kier alpha value is -1.84. The third-order valence-corrected chi connectivity index (χ3v) is 5.59. The van der Waals surface area contributed by atoms with Crippen LogP contribution < -0.4 is 0 Å². The minimum Gasteiger partial charge on any atom is -0.481 e. The molecule has 0 spiro atoms. The highest BCUT2D eigenvalue weighted by Crippen LogP contribution is 2.30. The number of hydrogen-bond acceptors (Lipinski definition) is 3. The lowest BCUT2D eigenvalue weighted by Crippen LogP contribution is -2.14. The second kappa shape index (κ2) is 13.4. The number of aromatic nitrogens is 1. The van der Waals surface area contributed by atoms with Crippen molar-refractivity contribution >= 4 is 12.0 Å². The molecule has 0 aromatic carbocycles. The average molecular weight is 404 g/mol. The third kappa shape index (κ3) is 13.1. The second-order valence-corrected chi connectivity index (χ2v) is 9.27. The molecule has 0 amide bonds. The standard InChI is InChI=1S/C25H41NO3/c1-20(11-7-6-8-15-23-19-29-22(3)26-23)12-9-13-21(2)14-10-17-25(4,5)18-16-24(27)28/h8,11,15,19,21H,6-7,9-10,12-14,16-18H2,1-5H3,(H,27,28). The van der Waals surface area contributed by atoms with Gasteiger partial charge in [0.15, 0.2) is 5.89 Å². The summed E-state index contributed by atoms with van der Waals surface area (Å²) in [6.45, 7) is 10.8. The normalized spacial score (nSPS) is 13.9. The summed E-state index contributed by atoms with van der Waals surface area (Å²) in [7, 11) is 0. The molecule has 1 rings (SSSR count). The molecule has 1 heterocycles. The van der Waals surface area contributed by atoms with Gasteiger partial charge in [-0.15, -0.1) is 0 Å². The quantitative estimate of drug-likeness (QED) is 0.242. The topological polar surface area (TPSA) is 63.3 Å². The first-order chi connectivity index (χ1) is 13.7. The van der Waals surface area contributed by atoms with E-state index >= 15 is 0 Å². The van der Waals surface area contributed by atoms with Crippen LogP contribution in [0.4, 0.5) is 0 Å². The highest BCUT2D eigenvalue weighted by atomic mass is 16.4. The first-order valence-electron chi connectivity index (χ1n) is 11.1. The molecular formula is C25H41NO3. The van der Waals surface area contributed by atoms with Gasteiger partial charge in [0.2, 0.25) is 0 Å². The van der Waals surface area contributed by atoms with Crippen molar-refractivity contribution in [3.05, 3.63) is 35.6 Å². The maximum Gasteiger partial charge on any atom is 0.303 e. The lowest BCUT2D eigenvalue weighted by molar-refractivity contribution is -0.137. The molecule has 0 saturated carbocycles. The van der Waals surface area contributed by atoms with E-state index in [0.717, 1.165) is 37.3 Å². The van der Waals surface area contributed by atoms with Gasteiger partial charge >= 0.3 is 5.97 Å². The van der Waals surface area contributed by atoms with Crippen molar-refractivity contribution < 1.29 is 14.3 Å². The first kappa shape index (κ1) is 25.2. The smallest absolute Gasteiger partial charge is 0.303 e. The van der Waals surface area contributed by atoms with E-state index in [4.69, 9.17) is 9.52 Å². The van der Waals surface area contributed by atoms with Crippen LogP contribution in [0.3, 0.4) is 0 Å². The number of aryl methyl sites for hydroxylation is 1. The number of allylic oxidation sites excluding steroid dienone is 3. The van der Waals surface area contributed by atoms with Crippen molar-refractivity contribution in [2.45, 2.75) is 98.8 Å². The number of rotatable bonds is 15. The maximum absolute atomic E-state index is 10.7. The Morgan fingerprint density at radius 1 is 1.21 bits per heavy atom. The van der Waals surface area contributed by atoms with Gasteiger partial charge in [-0.3, -0.25) is 4.79 Å². The average Bonchev–Trinajstić information content (AvgIpc) is 3.05. The molecular weight excluding hydrogens is 362 g/mol. The van der Waals surface area contributed by atoms with Crippen molar-refractivity contribution in [2.75, 3.05) is 0 Å². The summed E-state index contributed by atoms with van der Waals surface area (Å²) in [5.41, 5.74) is 2.51. The lowest BCUT2D eigenvalue weighted by Gasteiger charge is -2.24. The van der Waals surface area contributed by atoms with Gasteiger partial charge in [0.1, 0.15) is 12.0 Å². The van der Waals surface area contributed by atoms with Crippen LogP contribution >= 0.6 is 0 Å². The molecule has 1 aromatic rings. The molecule has 164 valence electrons. The van der Waals surface area contributed by atoms with Gasteiger partial charge in [0.05, 0.1) is 0 Å². The number of nitrogens with zero attached hydrogens (tertiary/aromatic N) is 1. The highest BCUT2D eigenvalue weighted by molar-refractivity contribution is 5.66. The van der Waals surface area contributed by atoms with E-state index in [0.29, 0.717) is 5.89 Å². The monoisotopic (exact) mass is 403 g/mol. The summed E-state index contributed by atoms with van der Waals surface area (Å²) in [6, 6.07) is 0. The van der Waals surface area contributed by atoms with Gasteiger partial charge in [-0.05, 0) is 62.9 Å². The number of carboxylic acid groups (broad SMARTS) is 1. The van der Waals surface area contributed by atoms with E-state index < -0.39 is 5.97 Å². The third-order valence-electron chi connectivity index (χ3n) is 5.59. The van der Waals surface area contributed by atoms with Gasteiger partial charge in [0.25, 0.3) is 0 Å². The molecule has 0 fully saturated rings. The lowest BCUT2D eigenvalue weighted by atomic mass is 9.81. The van der Waals surface area contributed by atoms with Gasteiger partial charge in [0, 0.05) is 13.3 Å². The molecule has 0 aliphatic rings. The number of aliphatic carboxylic acids is 1. The Labute approximate surface area is 177 Å². The molecule has 1 unspecified atom stereocenters. The number of carbonyl (C=O) groups is 1. The minimum absolute atomic E-state index is 0.137. The number of unbranched alkanes of at least 4 members (excludes halogenated alkanes) is 1. The van der Waals surface area contributed by atoms with Crippen molar-refractivity contribution in [1.82, 2.24) is 4.98 Å². The van der Waals surface area contributed by atoms with Gasteiger partial charge in [-0.2, -0.15) is 0 Å². The molecule has 0 saturated heterocycles. The van der Waals surface area contributed by atoms with Crippen LogP contribution in [-0.2, 0) is 4.79 Å². The number of carboxylic acids is 1. The fourth-order valence-electron chi connectivity index (χ4n) is 3.56. The summed E-state index contributed by atoms with van der Waals surface area (Å²) < 4.78 is 5.19. The fraction of sp³-hybridized carbons (Fsp3) is 0.680. The second-order valence-electron chi connectivity index (χ2n) is 9.27. The fourth-order valence-corrected chi connectivity index (χ4v) is 3.56. The van der Waals surface area contributed by atoms with E-state index in [1.54, 1.807) is 6.26 Å². The van der Waals surface area contributed by atoms with E-state index in [9.17, 15) is 4.79 Å². The van der Waals surface area contributed by atoms with Crippen LogP contribution in [-0.4, -0.2) is 16.1 Å². The summed E-state index contributed by atoms with van der Waals surface area (Å²) >= 11 is 0. The van der Waals surface area contributed by atoms with E-state index in [2.05, 4.69) is 44.8 Å². The molecule has 0 radical (unpaired) electrons. The minimum atomic E-state index is -0.684. The number of oxazole rings is 1. The van der Waals surface area contributed by atoms with Crippen LogP contribution in [0.1, 0.15) is 103 Å². The maximum atomic E-state index is 10.7. The Balaban J connectivity index is 2.11. The molecule has 1 atom stereocenters. The van der Waals surface area contributed by atoms with Crippen LogP contribution in [0.25, 0.3) is 6.08 Å². The summed E-state index contributed by atoms with van der Waals surface area (Å²) in [5, 5.41) is 8.85. The zero-order valence-electron chi connectivity index (χ0n) is 19.2. The molecule has 29 heavy (non-hydrogen) atoms. The SMILES string of the molecule is CC(=CCCC=Cc1coc(C)n1)CCCC(C)CCCC(C)(C)CCC(=O)O. The zero-order valence-corrected chi connectivity index (χ0v) is 19.2. The van der Waals surface area contributed by atoms with Crippen molar-refractivity contribution in [3.8, 4) is 0 Å². The predicted octanol–water partition coefficient (Wildman–Crippen LogP) is 7.59. The van der Waals surface area contributed by atoms with Crippen LogP contribution in [0, 0.1) is 18.3 Å². The van der Waals surface area contributed by atoms with E-state index in [-0.39, 0.29) is 11.8 Å². The predicted molar refractivity (Wildman–Crippen MR) is 121 cm³/mol. The van der Waals surface area contributed by atoms with Gasteiger partial charge in [-0.25, -0.2) is 4.98 Å². The Morgan fingerprint density at radius 2 is 1.93 bits per heavy atom. The van der Waals surface area contributed by atoms with E-state index in [1.165, 1.54) is 37.7 Å². The molecule has 4 heteroatoms. The van der Waals surface area contributed by atoms with E-state index in [1.807, 2.05) is 13.0 Å². The molecule has 0 aliphatic heterocycles. The Bertz CT molecular complexity index is 655. The van der Waals surface area contributed by atoms with Crippen molar-refractivity contribution in [1.29, 1.82) is 0 Å². The largest absolute Gasteiger partial charge is 0.481 e. The van der Waals surface area contributed by atoms with Crippen molar-refractivity contribution in [2.24, 2.45) is 11.3 Å². The summed E-state index contributed by atoms with van der Waals surface area (Å²) in [6.07, 6.45) is 18.6. The van der Waals surface area contributed by atoms with Crippen LogP contribution in [0.5, 0.6) is 0 Å². The Kier molecular flexibility index (Phi) is 11.6.